The number of hydrogen-bond donors (Lipinski definition) is 3. The van der Waals surface area contributed by atoms with E-state index in [4.69, 9.17) is 5.11 Å². The van der Waals surface area contributed by atoms with Gasteiger partial charge in [0.25, 0.3) is 0 Å². The number of nitrogens with zero attached hydrogens (tertiary/aromatic N) is 2. The molecule has 1 heterocycles. The SMILES string of the molecule is CC[C@H](NC(=O)NCc1cccnn1)C(=O)O. The van der Waals surface area contributed by atoms with Crippen molar-refractivity contribution in [2.45, 2.75) is 25.9 Å². The molecule has 0 fully saturated rings. The zero-order valence-electron chi connectivity index (χ0n) is 9.38. The van der Waals surface area contributed by atoms with Gasteiger partial charge in [-0.05, 0) is 18.6 Å². The number of carboxylic acids is 1. The molecule has 0 unspecified atom stereocenters. The molecule has 7 nitrogen and oxygen atoms in total. The summed E-state index contributed by atoms with van der Waals surface area (Å²) in [6.07, 6.45) is 1.86. The maximum atomic E-state index is 11.4. The molecule has 0 aliphatic rings. The van der Waals surface area contributed by atoms with Crippen molar-refractivity contribution in [3.63, 3.8) is 0 Å². The topological polar surface area (TPSA) is 104 Å². The summed E-state index contributed by atoms with van der Waals surface area (Å²) in [6.45, 7) is 1.89. The van der Waals surface area contributed by atoms with Crippen molar-refractivity contribution in [3.8, 4) is 0 Å². The van der Waals surface area contributed by atoms with Gasteiger partial charge in [-0.3, -0.25) is 0 Å². The Labute approximate surface area is 98.2 Å². The standard InChI is InChI=1S/C10H14N4O3/c1-2-8(9(15)16)13-10(17)11-6-7-4-3-5-12-14-7/h3-5,8H,2,6H2,1H3,(H,15,16)(H2,11,13,17)/t8-/m0/s1. The van der Waals surface area contributed by atoms with Crippen LogP contribution in [0.2, 0.25) is 0 Å². The van der Waals surface area contributed by atoms with Gasteiger partial charge in [0.05, 0.1) is 12.2 Å². The number of aliphatic carboxylic acids is 1. The third-order valence-electron chi connectivity index (χ3n) is 2.07. The monoisotopic (exact) mass is 238 g/mol. The van der Waals surface area contributed by atoms with Gasteiger partial charge in [-0.15, -0.1) is 0 Å². The maximum Gasteiger partial charge on any atom is 0.326 e. The quantitative estimate of drug-likeness (QED) is 0.676. The van der Waals surface area contributed by atoms with E-state index >= 15 is 0 Å². The van der Waals surface area contributed by atoms with Gasteiger partial charge in [-0.25, -0.2) is 9.59 Å². The molecule has 17 heavy (non-hydrogen) atoms. The average Bonchev–Trinajstić information content (AvgIpc) is 2.34. The van der Waals surface area contributed by atoms with E-state index < -0.39 is 18.0 Å². The van der Waals surface area contributed by atoms with Crippen molar-refractivity contribution in [2.75, 3.05) is 0 Å². The van der Waals surface area contributed by atoms with Crippen LogP contribution in [-0.2, 0) is 11.3 Å². The van der Waals surface area contributed by atoms with Crippen molar-refractivity contribution in [1.29, 1.82) is 0 Å². The molecule has 2 amide bonds. The third kappa shape index (κ3) is 4.45. The Morgan fingerprint density at radius 2 is 2.29 bits per heavy atom. The summed E-state index contributed by atoms with van der Waals surface area (Å²) in [7, 11) is 0. The lowest BCUT2D eigenvalue weighted by Crippen LogP contribution is -2.45. The van der Waals surface area contributed by atoms with Crippen LogP contribution in [-0.4, -0.2) is 33.3 Å². The van der Waals surface area contributed by atoms with E-state index in [9.17, 15) is 9.59 Å². The number of hydrogen-bond acceptors (Lipinski definition) is 4. The van der Waals surface area contributed by atoms with Crippen LogP contribution < -0.4 is 10.6 Å². The molecule has 0 aliphatic carbocycles. The molecule has 7 heteroatoms. The molecule has 1 rings (SSSR count). The summed E-state index contributed by atoms with van der Waals surface area (Å²) in [5, 5.41) is 21.0. The number of carboxylic acid groups (broad SMARTS) is 1. The van der Waals surface area contributed by atoms with Crippen LogP contribution in [0.5, 0.6) is 0 Å². The Bertz CT molecular complexity index is 382. The second-order valence-corrected chi connectivity index (χ2v) is 3.34. The predicted molar refractivity (Wildman–Crippen MR) is 59.1 cm³/mol. The van der Waals surface area contributed by atoms with Gasteiger partial charge in [0.2, 0.25) is 0 Å². The van der Waals surface area contributed by atoms with Gasteiger partial charge in [0, 0.05) is 6.20 Å². The van der Waals surface area contributed by atoms with Crippen LogP contribution in [0.4, 0.5) is 4.79 Å². The molecule has 0 saturated carbocycles. The van der Waals surface area contributed by atoms with Crippen molar-refractivity contribution >= 4 is 12.0 Å². The number of amides is 2. The average molecular weight is 238 g/mol. The Hall–Kier alpha value is -2.18. The summed E-state index contributed by atoms with van der Waals surface area (Å²) < 4.78 is 0. The number of nitrogens with one attached hydrogen (secondary N) is 2. The first-order valence-corrected chi connectivity index (χ1v) is 5.17. The van der Waals surface area contributed by atoms with Gasteiger partial charge >= 0.3 is 12.0 Å². The first-order valence-electron chi connectivity index (χ1n) is 5.17. The molecule has 1 aromatic rings. The summed E-state index contributed by atoms with van der Waals surface area (Å²) in [4.78, 5) is 22.0. The van der Waals surface area contributed by atoms with Crippen LogP contribution in [0.25, 0.3) is 0 Å². The molecule has 1 atom stereocenters. The fourth-order valence-electron chi connectivity index (χ4n) is 1.15. The molecule has 0 spiro atoms. The lowest BCUT2D eigenvalue weighted by molar-refractivity contribution is -0.139. The van der Waals surface area contributed by atoms with Gasteiger partial charge in [0.15, 0.2) is 0 Å². The first-order chi connectivity index (χ1) is 8.13. The lowest BCUT2D eigenvalue weighted by Gasteiger charge is -2.12. The number of aromatic nitrogens is 2. The van der Waals surface area contributed by atoms with Gasteiger partial charge in [-0.1, -0.05) is 6.92 Å². The number of urea groups is 1. The number of carbonyl (C=O) groups excluding carboxylic acids is 1. The zero-order chi connectivity index (χ0) is 12.7. The van der Waals surface area contributed by atoms with E-state index in [0.717, 1.165) is 0 Å². The van der Waals surface area contributed by atoms with Crippen LogP contribution in [0.15, 0.2) is 18.3 Å². The van der Waals surface area contributed by atoms with E-state index in [2.05, 4.69) is 20.8 Å². The summed E-state index contributed by atoms with van der Waals surface area (Å²) in [5.74, 6) is -1.05. The highest BCUT2D eigenvalue weighted by molar-refractivity contribution is 5.82. The Balaban J connectivity index is 2.37. The number of rotatable bonds is 5. The summed E-state index contributed by atoms with van der Waals surface area (Å²) in [5.41, 5.74) is 0.603. The molecule has 0 bridgehead atoms. The Morgan fingerprint density at radius 3 is 2.82 bits per heavy atom. The fraction of sp³-hybridized carbons (Fsp3) is 0.400. The largest absolute Gasteiger partial charge is 0.480 e. The predicted octanol–water partition coefficient (Wildman–Crippen LogP) is 0.139. The van der Waals surface area contributed by atoms with Gasteiger partial charge in [-0.2, -0.15) is 10.2 Å². The molecular weight excluding hydrogens is 224 g/mol. The zero-order valence-corrected chi connectivity index (χ0v) is 9.38. The van der Waals surface area contributed by atoms with E-state index in [1.807, 2.05) is 0 Å². The summed E-state index contributed by atoms with van der Waals surface area (Å²) in [6, 6.07) is 2.00. The lowest BCUT2D eigenvalue weighted by atomic mass is 10.2. The van der Waals surface area contributed by atoms with Crippen LogP contribution in [0.3, 0.4) is 0 Å². The minimum absolute atomic E-state index is 0.204. The molecular formula is C10H14N4O3. The number of carbonyl (C=O) groups is 2. The second kappa shape index (κ2) is 6.41. The molecule has 1 aromatic heterocycles. The van der Waals surface area contributed by atoms with Crippen molar-refractivity contribution in [3.05, 3.63) is 24.0 Å². The van der Waals surface area contributed by atoms with E-state index in [1.54, 1.807) is 19.1 Å². The van der Waals surface area contributed by atoms with Crippen molar-refractivity contribution in [2.24, 2.45) is 0 Å². The van der Waals surface area contributed by atoms with E-state index in [0.29, 0.717) is 12.1 Å². The van der Waals surface area contributed by atoms with Gasteiger partial charge < -0.3 is 15.7 Å². The van der Waals surface area contributed by atoms with Crippen molar-refractivity contribution < 1.29 is 14.7 Å². The highest BCUT2D eigenvalue weighted by Crippen LogP contribution is 1.92. The summed E-state index contributed by atoms with van der Waals surface area (Å²) >= 11 is 0. The van der Waals surface area contributed by atoms with Crippen LogP contribution in [0.1, 0.15) is 19.0 Å². The normalized spacial score (nSPS) is 11.6. The minimum Gasteiger partial charge on any atom is -0.480 e. The van der Waals surface area contributed by atoms with Crippen LogP contribution in [0, 0.1) is 0 Å². The molecule has 0 radical (unpaired) electrons. The fourth-order valence-corrected chi connectivity index (χ4v) is 1.15. The molecule has 92 valence electrons. The maximum absolute atomic E-state index is 11.4. The Kier molecular flexibility index (Phi) is 4.86. The second-order valence-electron chi connectivity index (χ2n) is 3.34. The molecule has 0 aromatic carbocycles. The first kappa shape index (κ1) is 12.9. The van der Waals surface area contributed by atoms with Crippen molar-refractivity contribution in [1.82, 2.24) is 20.8 Å². The van der Waals surface area contributed by atoms with E-state index in [-0.39, 0.29) is 6.54 Å². The Morgan fingerprint density at radius 1 is 1.53 bits per heavy atom. The molecule has 3 N–H and O–H groups in total. The van der Waals surface area contributed by atoms with Gasteiger partial charge in [0.1, 0.15) is 6.04 Å². The molecule has 0 saturated heterocycles. The third-order valence-corrected chi connectivity index (χ3v) is 2.07. The highest BCUT2D eigenvalue weighted by Gasteiger charge is 2.16. The molecule has 0 aliphatic heterocycles. The van der Waals surface area contributed by atoms with E-state index in [1.165, 1.54) is 6.20 Å². The minimum atomic E-state index is -1.05. The van der Waals surface area contributed by atoms with Crippen LogP contribution >= 0.6 is 0 Å². The smallest absolute Gasteiger partial charge is 0.326 e. The highest BCUT2D eigenvalue weighted by atomic mass is 16.4.